The van der Waals surface area contributed by atoms with Gasteiger partial charge in [0.1, 0.15) is 5.82 Å². The second kappa shape index (κ2) is 8.95. The highest BCUT2D eigenvalue weighted by Gasteiger charge is 2.35. The number of nitrogens with zero attached hydrogens (tertiary/aromatic N) is 4. The Hall–Kier alpha value is -3.10. The first-order valence-corrected chi connectivity index (χ1v) is 10.7. The molecule has 0 radical (unpaired) electrons. The zero-order valence-corrected chi connectivity index (χ0v) is 18.3. The molecular formula is C22H29N5O4. The van der Waals surface area contributed by atoms with E-state index in [-0.39, 0.29) is 30.2 Å². The number of hydrogen-bond donors (Lipinski definition) is 1. The number of aryl methyl sites for hydroxylation is 1. The zero-order valence-electron chi connectivity index (χ0n) is 18.3. The fraction of sp³-hybridized carbons (Fsp3) is 0.545. The topological polar surface area (TPSA) is 98.6 Å². The van der Waals surface area contributed by atoms with Crippen LogP contribution in [0.4, 0.5) is 0 Å². The van der Waals surface area contributed by atoms with Crippen LogP contribution < -0.4 is 14.8 Å². The summed E-state index contributed by atoms with van der Waals surface area (Å²) >= 11 is 0. The first kappa shape index (κ1) is 21.1. The molecule has 31 heavy (non-hydrogen) atoms. The Morgan fingerprint density at radius 3 is 2.84 bits per heavy atom. The Bertz CT molecular complexity index is 973. The second-order valence-corrected chi connectivity index (χ2v) is 8.14. The molecule has 2 amide bonds. The molecule has 9 nitrogen and oxygen atoms in total. The van der Waals surface area contributed by atoms with E-state index in [1.807, 2.05) is 25.1 Å². The van der Waals surface area contributed by atoms with Gasteiger partial charge >= 0.3 is 0 Å². The van der Waals surface area contributed by atoms with Crippen LogP contribution in [0.25, 0.3) is 0 Å². The number of nitrogens with one attached hydrogen (secondary N) is 1. The summed E-state index contributed by atoms with van der Waals surface area (Å²) in [6.07, 6.45) is 2.91. The number of aromatic nitrogens is 3. The molecule has 0 bridgehead atoms. The summed E-state index contributed by atoms with van der Waals surface area (Å²) in [6.45, 7) is 3.80. The van der Waals surface area contributed by atoms with Crippen molar-refractivity contribution >= 4 is 11.8 Å². The molecule has 2 unspecified atom stereocenters. The average Bonchev–Trinajstić information content (AvgIpc) is 3.47. The number of carbonyl (C=O) groups excluding carboxylic acids is 2. The van der Waals surface area contributed by atoms with Gasteiger partial charge in [0.05, 0.1) is 26.2 Å². The number of methoxy groups -OCH3 is 2. The van der Waals surface area contributed by atoms with Crippen LogP contribution in [-0.4, -0.2) is 58.8 Å². The molecule has 1 aromatic heterocycles. The van der Waals surface area contributed by atoms with Crippen LogP contribution in [0.2, 0.25) is 0 Å². The van der Waals surface area contributed by atoms with Crippen LogP contribution in [0.1, 0.15) is 43.0 Å². The third-order valence-electron chi connectivity index (χ3n) is 6.09. The lowest BCUT2D eigenvalue weighted by Crippen LogP contribution is -2.35. The highest BCUT2D eigenvalue weighted by Crippen LogP contribution is 2.28. The van der Waals surface area contributed by atoms with Crippen molar-refractivity contribution in [1.29, 1.82) is 0 Å². The third kappa shape index (κ3) is 4.35. The lowest BCUT2D eigenvalue weighted by molar-refractivity contribution is -0.129. The van der Waals surface area contributed by atoms with Gasteiger partial charge in [-0.3, -0.25) is 9.59 Å². The van der Waals surface area contributed by atoms with Crippen LogP contribution in [0.3, 0.4) is 0 Å². The van der Waals surface area contributed by atoms with E-state index in [4.69, 9.17) is 9.47 Å². The summed E-state index contributed by atoms with van der Waals surface area (Å²) in [4.78, 5) is 27.0. The van der Waals surface area contributed by atoms with Crippen molar-refractivity contribution in [1.82, 2.24) is 25.0 Å². The fourth-order valence-electron chi connectivity index (χ4n) is 4.35. The van der Waals surface area contributed by atoms with Crippen LogP contribution in [0.15, 0.2) is 18.2 Å². The van der Waals surface area contributed by atoms with E-state index < -0.39 is 0 Å². The van der Waals surface area contributed by atoms with Crippen LogP contribution in [-0.2, 0) is 29.0 Å². The van der Waals surface area contributed by atoms with Gasteiger partial charge in [-0.15, -0.1) is 10.2 Å². The zero-order chi connectivity index (χ0) is 22.0. The molecule has 2 atom stereocenters. The standard InChI is InChI=1S/C22H29N5O4/c1-14(21-25-24-19-5-4-9-27(19)21)23-22(29)16-12-20(28)26(13-16)10-8-15-6-7-17(30-2)18(11-15)31-3/h6-7,11,14,16H,4-5,8-10,12-13H2,1-3H3,(H,23,29). The van der Waals surface area contributed by atoms with Crippen molar-refractivity contribution < 1.29 is 19.1 Å². The molecule has 0 spiro atoms. The Balaban J connectivity index is 1.32. The maximum atomic E-state index is 12.8. The molecule has 0 saturated carbocycles. The van der Waals surface area contributed by atoms with Crippen LogP contribution in [0.5, 0.6) is 11.5 Å². The molecule has 1 N–H and O–H groups in total. The number of ether oxygens (including phenoxy) is 2. The number of fused-ring (bicyclic) bond motifs is 1. The van der Waals surface area contributed by atoms with Crippen molar-refractivity contribution in [2.45, 2.75) is 45.2 Å². The predicted octanol–water partition coefficient (Wildman–Crippen LogP) is 1.51. The molecule has 3 heterocycles. The minimum atomic E-state index is -0.346. The lowest BCUT2D eigenvalue weighted by atomic mass is 10.1. The van der Waals surface area contributed by atoms with Crippen molar-refractivity contribution in [2.75, 3.05) is 27.3 Å². The fourth-order valence-corrected chi connectivity index (χ4v) is 4.35. The molecule has 2 aliphatic rings. The first-order valence-electron chi connectivity index (χ1n) is 10.7. The molecule has 9 heteroatoms. The quantitative estimate of drug-likeness (QED) is 0.686. The molecule has 1 aromatic carbocycles. The first-order chi connectivity index (χ1) is 15.0. The van der Waals surface area contributed by atoms with E-state index in [1.165, 1.54) is 0 Å². The van der Waals surface area contributed by atoms with Gasteiger partial charge < -0.3 is 24.3 Å². The Morgan fingerprint density at radius 2 is 2.06 bits per heavy atom. The van der Waals surface area contributed by atoms with E-state index >= 15 is 0 Å². The lowest BCUT2D eigenvalue weighted by Gasteiger charge is -2.19. The molecule has 1 saturated heterocycles. The minimum absolute atomic E-state index is 0.0108. The summed E-state index contributed by atoms with van der Waals surface area (Å²) in [7, 11) is 3.20. The number of benzene rings is 1. The maximum absolute atomic E-state index is 12.8. The van der Waals surface area contributed by atoms with Crippen molar-refractivity contribution in [3.63, 3.8) is 0 Å². The molecule has 1 fully saturated rings. The SMILES string of the molecule is COc1ccc(CCN2CC(C(=O)NC(C)c3nnc4n3CCC4)CC2=O)cc1OC. The van der Waals surface area contributed by atoms with Gasteiger partial charge in [-0.2, -0.15) is 0 Å². The number of hydrogen-bond acceptors (Lipinski definition) is 6. The number of carbonyl (C=O) groups is 2. The molecule has 4 rings (SSSR count). The highest BCUT2D eigenvalue weighted by atomic mass is 16.5. The minimum Gasteiger partial charge on any atom is -0.493 e. The van der Waals surface area contributed by atoms with Crippen molar-refractivity contribution in [3.8, 4) is 11.5 Å². The average molecular weight is 428 g/mol. The summed E-state index contributed by atoms with van der Waals surface area (Å²) in [5.41, 5.74) is 1.05. The van der Waals surface area contributed by atoms with Crippen molar-refractivity contribution in [3.05, 3.63) is 35.4 Å². The normalized spacial score (nSPS) is 18.7. The van der Waals surface area contributed by atoms with E-state index in [0.29, 0.717) is 31.0 Å². The van der Waals surface area contributed by atoms with Gasteiger partial charge in [0, 0.05) is 32.5 Å². The van der Waals surface area contributed by atoms with Crippen molar-refractivity contribution in [2.24, 2.45) is 5.92 Å². The monoisotopic (exact) mass is 427 g/mol. The summed E-state index contributed by atoms with van der Waals surface area (Å²) in [5.74, 6) is 2.67. The largest absolute Gasteiger partial charge is 0.493 e. The van der Waals surface area contributed by atoms with E-state index in [9.17, 15) is 9.59 Å². The molecular weight excluding hydrogens is 398 g/mol. The summed E-state index contributed by atoms with van der Waals surface area (Å²) in [5, 5.41) is 11.5. The third-order valence-corrected chi connectivity index (χ3v) is 6.09. The van der Waals surface area contributed by atoms with E-state index in [1.54, 1.807) is 19.1 Å². The second-order valence-electron chi connectivity index (χ2n) is 8.14. The van der Waals surface area contributed by atoms with Gasteiger partial charge in [0.2, 0.25) is 11.8 Å². The number of amides is 2. The van der Waals surface area contributed by atoms with Gasteiger partial charge in [-0.25, -0.2) is 0 Å². The number of rotatable bonds is 8. The Kier molecular flexibility index (Phi) is 6.11. The van der Waals surface area contributed by atoms with Crippen LogP contribution >= 0.6 is 0 Å². The van der Waals surface area contributed by atoms with E-state index in [2.05, 4.69) is 20.1 Å². The number of likely N-dealkylation sites (tertiary alicyclic amines) is 1. The van der Waals surface area contributed by atoms with Gasteiger partial charge in [0.15, 0.2) is 17.3 Å². The summed E-state index contributed by atoms with van der Waals surface area (Å²) < 4.78 is 12.7. The summed E-state index contributed by atoms with van der Waals surface area (Å²) in [6, 6.07) is 5.51. The predicted molar refractivity (Wildman–Crippen MR) is 113 cm³/mol. The van der Waals surface area contributed by atoms with Crippen LogP contribution in [0, 0.1) is 5.92 Å². The molecule has 2 aliphatic heterocycles. The van der Waals surface area contributed by atoms with Gasteiger partial charge in [-0.05, 0) is 37.5 Å². The molecule has 0 aliphatic carbocycles. The Labute approximate surface area is 181 Å². The molecule has 2 aromatic rings. The maximum Gasteiger partial charge on any atom is 0.226 e. The van der Waals surface area contributed by atoms with E-state index in [0.717, 1.165) is 36.6 Å². The Morgan fingerprint density at radius 1 is 1.26 bits per heavy atom. The highest BCUT2D eigenvalue weighted by molar-refractivity contribution is 5.89. The smallest absolute Gasteiger partial charge is 0.226 e. The molecule has 166 valence electrons. The van der Waals surface area contributed by atoms with Gasteiger partial charge in [-0.1, -0.05) is 6.07 Å². The van der Waals surface area contributed by atoms with Gasteiger partial charge in [0.25, 0.3) is 0 Å².